The van der Waals surface area contributed by atoms with E-state index in [0.717, 1.165) is 22.6 Å². The molecule has 0 bridgehead atoms. The molecule has 0 atom stereocenters. The van der Waals surface area contributed by atoms with Crippen LogP contribution in [0.5, 0.6) is 0 Å². The lowest BCUT2D eigenvalue weighted by atomic mass is 9.92. The van der Waals surface area contributed by atoms with Crippen LogP contribution in [0.2, 0.25) is 0 Å². The zero-order chi connectivity index (χ0) is 15.5. The molecule has 5 heteroatoms. The fourth-order valence-corrected chi connectivity index (χ4v) is 1.91. The van der Waals surface area contributed by atoms with E-state index < -0.39 is 0 Å². The summed E-state index contributed by atoms with van der Waals surface area (Å²) in [6.45, 7) is 14.1. The van der Waals surface area contributed by atoms with E-state index >= 15 is 0 Å². The third-order valence-corrected chi connectivity index (χ3v) is 3.05. The van der Waals surface area contributed by atoms with Crippen molar-refractivity contribution < 1.29 is 4.74 Å². The first-order chi connectivity index (χ1) is 9.88. The quantitative estimate of drug-likeness (QED) is 0.655. The lowest BCUT2D eigenvalue weighted by molar-refractivity contribution is 0.167. The van der Waals surface area contributed by atoms with E-state index in [0.29, 0.717) is 19.8 Å². The molecule has 2 rings (SSSR count). The molecule has 2 heterocycles. The van der Waals surface area contributed by atoms with Crippen LogP contribution < -0.4 is 5.32 Å². The molecule has 0 aliphatic heterocycles. The minimum Gasteiger partial charge on any atom is -0.375 e. The number of nitrogens with zero attached hydrogens (tertiary/aromatic N) is 3. The van der Waals surface area contributed by atoms with Crippen LogP contribution in [0.15, 0.2) is 30.6 Å². The lowest BCUT2D eigenvalue weighted by Gasteiger charge is -2.13. The van der Waals surface area contributed by atoms with Crippen LogP contribution in [0.3, 0.4) is 0 Å². The fraction of sp³-hybridized carbons (Fsp3) is 0.500. The third-order valence-electron chi connectivity index (χ3n) is 3.05. The Hall–Kier alpha value is -1.88. The highest BCUT2D eigenvalue weighted by Gasteiger charge is 2.18. The first-order valence-corrected chi connectivity index (χ1v) is 7.19. The molecule has 0 saturated carbocycles. The van der Waals surface area contributed by atoms with Crippen LogP contribution in [0.1, 0.15) is 33.4 Å². The topological polar surface area (TPSA) is 51.5 Å². The van der Waals surface area contributed by atoms with E-state index in [2.05, 4.69) is 48.8 Å². The smallest absolute Gasteiger partial charge is 0.152 e. The molecule has 0 fully saturated rings. The number of nitrogens with one attached hydrogen (secondary N) is 1. The van der Waals surface area contributed by atoms with Crippen molar-refractivity contribution in [3.05, 3.63) is 36.3 Å². The number of fused-ring (bicyclic) bond motifs is 1. The zero-order valence-electron chi connectivity index (χ0n) is 13.3. The summed E-state index contributed by atoms with van der Waals surface area (Å²) < 4.78 is 7.34. The van der Waals surface area contributed by atoms with Gasteiger partial charge in [-0.2, -0.15) is 5.10 Å². The summed E-state index contributed by atoms with van der Waals surface area (Å²) in [6.07, 6.45) is 3.62. The van der Waals surface area contributed by atoms with Crippen molar-refractivity contribution in [2.75, 3.05) is 25.1 Å². The number of ether oxygens (including phenoxy) is 1. The van der Waals surface area contributed by atoms with Crippen molar-refractivity contribution in [1.82, 2.24) is 14.6 Å². The van der Waals surface area contributed by atoms with Crippen LogP contribution in [0, 0.1) is 0 Å². The SMILES string of the molecule is C=C(C)COCCNc1nccn2nc(C(C)(C)C)cc12. The number of hydrogen-bond donors (Lipinski definition) is 1. The van der Waals surface area contributed by atoms with Crippen LogP contribution >= 0.6 is 0 Å². The lowest BCUT2D eigenvalue weighted by Crippen LogP contribution is -2.12. The van der Waals surface area contributed by atoms with Gasteiger partial charge in [-0.05, 0) is 13.0 Å². The van der Waals surface area contributed by atoms with E-state index in [4.69, 9.17) is 4.74 Å². The van der Waals surface area contributed by atoms with Crippen molar-refractivity contribution in [3.63, 3.8) is 0 Å². The van der Waals surface area contributed by atoms with Crippen molar-refractivity contribution in [2.45, 2.75) is 33.1 Å². The Kier molecular flexibility index (Phi) is 4.63. The molecule has 5 nitrogen and oxygen atoms in total. The van der Waals surface area contributed by atoms with Gasteiger partial charge in [-0.1, -0.05) is 32.9 Å². The largest absolute Gasteiger partial charge is 0.375 e. The summed E-state index contributed by atoms with van der Waals surface area (Å²) in [5.74, 6) is 0.833. The van der Waals surface area contributed by atoms with Gasteiger partial charge >= 0.3 is 0 Å². The van der Waals surface area contributed by atoms with E-state index in [1.54, 1.807) is 6.20 Å². The maximum absolute atomic E-state index is 5.48. The molecule has 0 unspecified atom stereocenters. The zero-order valence-corrected chi connectivity index (χ0v) is 13.3. The Balaban J connectivity index is 2.06. The second-order valence-electron chi connectivity index (χ2n) is 6.32. The minimum absolute atomic E-state index is 0.0217. The maximum Gasteiger partial charge on any atom is 0.152 e. The molecule has 0 amide bonds. The van der Waals surface area contributed by atoms with Crippen molar-refractivity contribution in [2.24, 2.45) is 0 Å². The molecule has 21 heavy (non-hydrogen) atoms. The molecule has 2 aromatic rings. The molecular weight excluding hydrogens is 264 g/mol. The Labute approximate surface area is 126 Å². The summed E-state index contributed by atoms with van der Waals surface area (Å²) in [5, 5.41) is 7.91. The molecule has 0 aliphatic carbocycles. The van der Waals surface area contributed by atoms with Crippen LogP contribution in [-0.2, 0) is 10.2 Å². The van der Waals surface area contributed by atoms with Crippen LogP contribution in [0.4, 0.5) is 5.82 Å². The summed E-state index contributed by atoms with van der Waals surface area (Å²) in [4.78, 5) is 4.39. The molecule has 0 saturated heterocycles. The normalized spacial score (nSPS) is 11.8. The van der Waals surface area contributed by atoms with Crippen molar-refractivity contribution in [1.29, 1.82) is 0 Å². The van der Waals surface area contributed by atoms with Gasteiger partial charge in [0.1, 0.15) is 5.52 Å². The summed E-state index contributed by atoms with van der Waals surface area (Å²) in [6, 6.07) is 2.09. The van der Waals surface area contributed by atoms with Gasteiger partial charge < -0.3 is 10.1 Å². The Bertz CT molecular complexity index is 625. The minimum atomic E-state index is 0.0217. The van der Waals surface area contributed by atoms with E-state index in [1.807, 2.05) is 17.6 Å². The first-order valence-electron chi connectivity index (χ1n) is 7.19. The number of rotatable bonds is 6. The van der Waals surface area contributed by atoms with Crippen LogP contribution in [0.25, 0.3) is 5.52 Å². The standard InChI is InChI=1S/C16H24N4O/c1-12(2)11-21-9-7-18-15-13-10-14(16(3,4)5)19-20(13)8-6-17-15/h6,8,10H,1,7,9,11H2,2-5H3,(H,17,18). The average molecular weight is 288 g/mol. The fourth-order valence-electron chi connectivity index (χ4n) is 1.91. The van der Waals surface area contributed by atoms with Gasteiger partial charge in [-0.3, -0.25) is 0 Å². The van der Waals surface area contributed by atoms with E-state index in [9.17, 15) is 0 Å². The predicted octanol–water partition coefficient (Wildman–Crippen LogP) is 3.03. The first kappa shape index (κ1) is 15.5. The van der Waals surface area contributed by atoms with Gasteiger partial charge in [-0.15, -0.1) is 0 Å². The highest BCUT2D eigenvalue weighted by atomic mass is 16.5. The maximum atomic E-state index is 5.48. The molecule has 2 aromatic heterocycles. The van der Waals surface area contributed by atoms with E-state index in [-0.39, 0.29) is 5.41 Å². The highest BCUT2D eigenvalue weighted by molar-refractivity contribution is 5.68. The van der Waals surface area contributed by atoms with E-state index in [1.165, 1.54) is 0 Å². The summed E-state index contributed by atoms with van der Waals surface area (Å²) in [7, 11) is 0. The highest BCUT2D eigenvalue weighted by Crippen LogP contribution is 2.24. The van der Waals surface area contributed by atoms with Crippen molar-refractivity contribution >= 4 is 11.3 Å². The van der Waals surface area contributed by atoms with Crippen LogP contribution in [-0.4, -0.2) is 34.4 Å². The third kappa shape index (κ3) is 4.04. The Morgan fingerprint density at radius 2 is 2.19 bits per heavy atom. The summed E-state index contributed by atoms with van der Waals surface area (Å²) in [5.41, 5.74) is 3.09. The Morgan fingerprint density at radius 3 is 2.86 bits per heavy atom. The number of hydrogen-bond acceptors (Lipinski definition) is 4. The molecule has 0 aromatic carbocycles. The van der Waals surface area contributed by atoms with Gasteiger partial charge in [0, 0.05) is 24.4 Å². The van der Waals surface area contributed by atoms with Gasteiger partial charge in [0.15, 0.2) is 5.82 Å². The monoisotopic (exact) mass is 288 g/mol. The van der Waals surface area contributed by atoms with Gasteiger partial charge in [-0.25, -0.2) is 9.50 Å². The summed E-state index contributed by atoms with van der Waals surface area (Å²) >= 11 is 0. The molecule has 0 spiro atoms. The molecule has 1 N–H and O–H groups in total. The molecule has 0 aliphatic rings. The number of aromatic nitrogens is 3. The predicted molar refractivity (Wildman–Crippen MR) is 85.8 cm³/mol. The molecule has 0 radical (unpaired) electrons. The molecule has 114 valence electrons. The molecular formula is C16H24N4O. The van der Waals surface area contributed by atoms with Crippen molar-refractivity contribution in [3.8, 4) is 0 Å². The second-order valence-corrected chi connectivity index (χ2v) is 6.32. The average Bonchev–Trinajstić information content (AvgIpc) is 2.82. The number of anilines is 1. The van der Waals surface area contributed by atoms with Gasteiger partial charge in [0.05, 0.1) is 18.9 Å². The second kappa shape index (κ2) is 6.26. The van der Waals surface area contributed by atoms with Gasteiger partial charge in [0.2, 0.25) is 0 Å². The van der Waals surface area contributed by atoms with Gasteiger partial charge in [0.25, 0.3) is 0 Å². The Morgan fingerprint density at radius 1 is 1.43 bits per heavy atom.